The SMILES string of the molecule is CC(C)(C)c1ccc(N=CNc2ccc(C(C)(C)C)cc2)cc1. The minimum absolute atomic E-state index is 0.176. The van der Waals surface area contributed by atoms with Crippen molar-refractivity contribution in [1.82, 2.24) is 0 Å². The first-order chi connectivity index (χ1) is 10.7. The lowest BCUT2D eigenvalue weighted by Gasteiger charge is -2.19. The molecule has 0 saturated carbocycles. The molecule has 0 aliphatic heterocycles. The molecule has 0 bridgehead atoms. The van der Waals surface area contributed by atoms with Crippen LogP contribution in [0.25, 0.3) is 0 Å². The smallest absolute Gasteiger partial charge is 0.0930 e. The third kappa shape index (κ3) is 4.95. The van der Waals surface area contributed by atoms with E-state index < -0.39 is 0 Å². The van der Waals surface area contributed by atoms with Crippen molar-refractivity contribution in [2.24, 2.45) is 4.99 Å². The summed E-state index contributed by atoms with van der Waals surface area (Å²) >= 11 is 0. The molecule has 2 nitrogen and oxygen atoms in total. The van der Waals surface area contributed by atoms with E-state index in [1.807, 2.05) is 0 Å². The molecule has 0 atom stereocenters. The summed E-state index contributed by atoms with van der Waals surface area (Å²) in [4.78, 5) is 4.46. The standard InChI is InChI=1S/C21H28N2/c1-20(2,3)16-7-11-18(12-8-16)22-15-23-19-13-9-17(10-14-19)21(4,5)6/h7-15H,1-6H3,(H,22,23). The van der Waals surface area contributed by atoms with Crippen LogP contribution in [0.5, 0.6) is 0 Å². The van der Waals surface area contributed by atoms with E-state index in [4.69, 9.17) is 0 Å². The summed E-state index contributed by atoms with van der Waals surface area (Å²) in [5.74, 6) is 0. The topological polar surface area (TPSA) is 24.4 Å². The van der Waals surface area contributed by atoms with Crippen molar-refractivity contribution in [3.63, 3.8) is 0 Å². The van der Waals surface area contributed by atoms with Crippen molar-refractivity contribution in [1.29, 1.82) is 0 Å². The lowest BCUT2D eigenvalue weighted by Crippen LogP contribution is -2.10. The molecular weight excluding hydrogens is 280 g/mol. The van der Waals surface area contributed by atoms with Crippen LogP contribution >= 0.6 is 0 Å². The van der Waals surface area contributed by atoms with Crippen LogP contribution in [0, 0.1) is 0 Å². The van der Waals surface area contributed by atoms with Gasteiger partial charge in [-0.05, 0) is 46.2 Å². The van der Waals surface area contributed by atoms with Gasteiger partial charge in [-0.2, -0.15) is 0 Å². The number of aliphatic imine (C=N–C) groups is 1. The van der Waals surface area contributed by atoms with Crippen molar-refractivity contribution >= 4 is 17.7 Å². The molecule has 1 N–H and O–H groups in total. The van der Waals surface area contributed by atoms with E-state index in [1.54, 1.807) is 6.34 Å². The molecule has 23 heavy (non-hydrogen) atoms. The largest absolute Gasteiger partial charge is 0.346 e. The first-order valence-electron chi connectivity index (χ1n) is 8.16. The number of hydrogen-bond donors (Lipinski definition) is 1. The Labute approximate surface area is 140 Å². The second-order valence-electron chi connectivity index (χ2n) is 8.03. The third-order valence-electron chi connectivity index (χ3n) is 3.93. The van der Waals surface area contributed by atoms with Crippen LogP contribution in [0.2, 0.25) is 0 Å². The maximum absolute atomic E-state index is 4.46. The van der Waals surface area contributed by atoms with Crippen LogP contribution in [-0.2, 0) is 10.8 Å². The summed E-state index contributed by atoms with van der Waals surface area (Å²) in [7, 11) is 0. The summed E-state index contributed by atoms with van der Waals surface area (Å²) in [5.41, 5.74) is 5.02. The number of hydrogen-bond acceptors (Lipinski definition) is 1. The molecule has 0 heterocycles. The molecule has 0 fully saturated rings. The van der Waals surface area contributed by atoms with Gasteiger partial charge in [0.25, 0.3) is 0 Å². The van der Waals surface area contributed by atoms with E-state index in [2.05, 4.69) is 100 Å². The highest BCUT2D eigenvalue weighted by Crippen LogP contribution is 2.25. The fourth-order valence-electron chi connectivity index (χ4n) is 2.30. The molecule has 0 saturated heterocycles. The van der Waals surface area contributed by atoms with Gasteiger partial charge in [0, 0.05) is 5.69 Å². The van der Waals surface area contributed by atoms with Crippen molar-refractivity contribution in [3.8, 4) is 0 Å². The summed E-state index contributed by atoms with van der Waals surface area (Å²) in [5, 5.41) is 3.22. The van der Waals surface area contributed by atoms with Crippen molar-refractivity contribution in [2.75, 3.05) is 5.32 Å². The lowest BCUT2D eigenvalue weighted by molar-refractivity contribution is 0.590. The molecule has 2 heteroatoms. The Morgan fingerprint density at radius 2 is 1.13 bits per heavy atom. The molecule has 0 aliphatic carbocycles. The molecule has 0 aromatic heterocycles. The van der Waals surface area contributed by atoms with E-state index in [-0.39, 0.29) is 10.8 Å². The Bertz CT molecular complexity index is 651. The molecule has 0 spiro atoms. The first kappa shape index (κ1) is 17.3. The molecule has 2 aromatic carbocycles. The predicted molar refractivity (Wildman–Crippen MR) is 102 cm³/mol. The van der Waals surface area contributed by atoms with Gasteiger partial charge < -0.3 is 5.32 Å². The summed E-state index contributed by atoms with van der Waals surface area (Å²) < 4.78 is 0. The zero-order valence-corrected chi connectivity index (χ0v) is 15.1. The molecule has 2 rings (SSSR count). The van der Waals surface area contributed by atoms with Crippen LogP contribution in [0.4, 0.5) is 11.4 Å². The molecule has 0 aliphatic rings. The molecule has 2 aromatic rings. The number of anilines is 1. The van der Waals surface area contributed by atoms with E-state index in [0.717, 1.165) is 11.4 Å². The normalized spacial score (nSPS) is 12.6. The van der Waals surface area contributed by atoms with Crippen LogP contribution in [0.3, 0.4) is 0 Å². The Balaban J connectivity index is 1.99. The van der Waals surface area contributed by atoms with Crippen LogP contribution in [0.15, 0.2) is 53.5 Å². The maximum atomic E-state index is 4.46. The van der Waals surface area contributed by atoms with Gasteiger partial charge in [-0.1, -0.05) is 65.8 Å². The lowest BCUT2D eigenvalue weighted by atomic mass is 9.87. The minimum atomic E-state index is 0.176. The highest BCUT2D eigenvalue weighted by Gasteiger charge is 2.13. The zero-order valence-electron chi connectivity index (χ0n) is 15.1. The van der Waals surface area contributed by atoms with E-state index in [9.17, 15) is 0 Å². The maximum Gasteiger partial charge on any atom is 0.0930 e. The number of nitrogens with one attached hydrogen (secondary N) is 1. The molecular formula is C21H28N2. The third-order valence-corrected chi connectivity index (χ3v) is 3.93. The van der Waals surface area contributed by atoms with Gasteiger partial charge in [0.1, 0.15) is 0 Å². The Morgan fingerprint density at radius 1 is 0.696 bits per heavy atom. The second kappa shape index (κ2) is 6.57. The highest BCUT2D eigenvalue weighted by molar-refractivity contribution is 5.77. The Hall–Kier alpha value is -2.09. The van der Waals surface area contributed by atoms with Gasteiger partial charge >= 0.3 is 0 Å². The van der Waals surface area contributed by atoms with E-state index in [0.29, 0.717) is 0 Å². The van der Waals surface area contributed by atoms with E-state index >= 15 is 0 Å². The van der Waals surface area contributed by atoms with E-state index in [1.165, 1.54) is 11.1 Å². The predicted octanol–water partition coefficient (Wildman–Crippen LogP) is 6.05. The van der Waals surface area contributed by atoms with Crippen molar-refractivity contribution in [3.05, 3.63) is 59.7 Å². The zero-order chi connectivity index (χ0) is 17.1. The van der Waals surface area contributed by atoms with Gasteiger partial charge in [-0.25, -0.2) is 4.99 Å². The second-order valence-corrected chi connectivity index (χ2v) is 8.03. The Morgan fingerprint density at radius 3 is 1.57 bits per heavy atom. The van der Waals surface area contributed by atoms with Gasteiger partial charge in [0.15, 0.2) is 0 Å². The van der Waals surface area contributed by atoms with Gasteiger partial charge in [-0.3, -0.25) is 0 Å². The number of nitrogens with zero attached hydrogens (tertiary/aromatic N) is 1. The fourth-order valence-corrected chi connectivity index (χ4v) is 2.30. The summed E-state index contributed by atoms with van der Waals surface area (Å²) in [6.07, 6.45) is 1.75. The molecule has 0 amide bonds. The molecule has 0 radical (unpaired) electrons. The molecule has 0 unspecified atom stereocenters. The monoisotopic (exact) mass is 308 g/mol. The fraction of sp³-hybridized carbons (Fsp3) is 0.381. The van der Waals surface area contributed by atoms with Crippen molar-refractivity contribution < 1.29 is 0 Å². The van der Waals surface area contributed by atoms with Crippen LogP contribution < -0.4 is 5.32 Å². The van der Waals surface area contributed by atoms with Gasteiger partial charge in [-0.15, -0.1) is 0 Å². The number of rotatable bonds is 3. The van der Waals surface area contributed by atoms with Crippen LogP contribution in [0.1, 0.15) is 52.7 Å². The quantitative estimate of drug-likeness (QED) is 0.541. The van der Waals surface area contributed by atoms with Gasteiger partial charge in [0.05, 0.1) is 12.0 Å². The highest BCUT2D eigenvalue weighted by atomic mass is 14.9. The average Bonchev–Trinajstić information content (AvgIpc) is 2.46. The van der Waals surface area contributed by atoms with Crippen LogP contribution in [-0.4, -0.2) is 6.34 Å². The number of benzene rings is 2. The molecule has 122 valence electrons. The van der Waals surface area contributed by atoms with Crippen molar-refractivity contribution in [2.45, 2.75) is 52.4 Å². The Kier molecular flexibility index (Phi) is 4.93. The first-order valence-corrected chi connectivity index (χ1v) is 8.16. The summed E-state index contributed by atoms with van der Waals surface area (Å²) in [6.45, 7) is 13.3. The minimum Gasteiger partial charge on any atom is -0.346 e. The van der Waals surface area contributed by atoms with Gasteiger partial charge in [0.2, 0.25) is 0 Å². The average molecular weight is 308 g/mol. The summed E-state index contributed by atoms with van der Waals surface area (Å²) in [6, 6.07) is 16.9.